The number of methoxy groups -OCH3 is 1. The maximum Gasteiger partial charge on any atom is 0.322 e. The van der Waals surface area contributed by atoms with Crippen LogP contribution in [0.1, 0.15) is 21.7 Å². The van der Waals surface area contributed by atoms with Crippen LogP contribution >= 0.6 is 0 Å². The summed E-state index contributed by atoms with van der Waals surface area (Å²) in [6, 6.07) is 11.2. The number of carbonyl (C=O) groups excluding carboxylic acids is 3. The molecule has 5 heterocycles. The van der Waals surface area contributed by atoms with E-state index in [1.54, 1.807) is 48.8 Å². The first-order chi connectivity index (χ1) is 17.4. The molecule has 3 N–H and O–H groups in total. The van der Waals surface area contributed by atoms with Crippen LogP contribution in [0.15, 0.2) is 59.3 Å². The van der Waals surface area contributed by atoms with Crippen LogP contribution in [0, 0.1) is 0 Å². The van der Waals surface area contributed by atoms with E-state index >= 15 is 0 Å². The second-order valence-electron chi connectivity index (χ2n) is 8.39. The zero-order valence-electron chi connectivity index (χ0n) is 18.9. The van der Waals surface area contributed by atoms with Crippen molar-refractivity contribution in [2.24, 2.45) is 0 Å². The summed E-state index contributed by atoms with van der Waals surface area (Å²) in [5.41, 5.74) is 0.499. The number of carbonyl (C=O) groups is 3. The molecule has 0 saturated carbocycles. The summed E-state index contributed by atoms with van der Waals surface area (Å²) in [6.07, 6.45) is 3.20. The Labute approximate surface area is 203 Å². The number of amides is 4. The molecule has 0 aliphatic carbocycles. The maximum atomic E-state index is 13.2. The fraction of sp³-hybridized carbons (Fsp3) is 0.167. The van der Waals surface area contributed by atoms with E-state index < -0.39 is 17.5 Å². The number of imide groups is 1. The minimum Gasteiger partial charge on any atom is -0.497 e. The van der Waals surface area contributed by atoms with E-state index in [2.05, 4.69) is 30.9 Å². The Balaban J connectivity index is 1.34. The lowest BCUT2D eigenvalue weighted by Gasteiger charge is -2.28. The largest absolute Gasteiger partial charge is 0.497 e. The Morgan fingerprint density at radius 2 is 1.97 bits per heavy atom. The van der Waals surface area contributed by atoms with E-state index in [9.17, 15) is 14.4 Å². The normalized spacial score (nSPS) is 18.8. The second-order valence-corrected chi connectivity index (χ2v) is 8.39. The van der Waals surface area contributed by atoms with E-state index in [0.29, 0.717) is 34.2 Å². The molecule has 1 aromatic carbocycles. The van der Waals surface area contributed by atoms with Gasteiger partial charge in [-0.2, -0.15) is 0 Å². The molecule has 0 spiro atoms. The number of benzene rings is 1. The fourth-order valence-electron chi connectivity index (χ4n) is 4.42. The molecule has 12 nitrogen and oxygen atoms in total. The molecule has 2 aliphatic heterocycles. The number of hydrogen-bond donors (Lipinski definition) is 3. The predicted octanol–water partition coefficient (Wildman–Crippen LogP) is 2.06. The van der Waals surface area contributed by atoms with E-state index in [1.807, 2.05) is 6.07 Å². The van der Waals surface area contributed by atoms with Gasteiger partial charge in [-0.05, 0) is 35.9 Å². The first kappa shape index (κ1) is 21.5. The van der Waals surface area contributed by atoms with Crippen LogP contribution in [0.5, 0.6) is 5.75 Å². The number of urea groups is 1. The Hall–Kier alpha value is -5.00. The van der Waals surface area contributed by atoms with Crippen LogP contribution in [0.3, 0.4) is 0 Å². The summed E-state index contributed by atoms with van der Waals surface area (Å²) in [5, 5.41) is 7.93. The first-order valence-corrected chi connectivity index (χ1v) is 11.0. The van der Waals surface area contributed by atoms with Gasteiger partial charge in [-0.1, -0.05) is 6.07 Å². The van der Waals surface area contributed by atoms with Crippen molar-refractivity contribution >= 4 is 40.7 Å². The van der Waals surface area contributed by atoms with Gasteiger partial charge in [-0.3, -0.25) is 14.9 Å². The molecular weight excluding hydrogens is 466 g/mol. The highest BCUT2D eigenvalue weighted by atomic mass is 16.5. The molecule has 12 heteroatoms. The third kappa shape index (κ3) is 3.47. The SMILES string of the molecule is COc1ccc2c(c1)C(=O)N(C[C@@]1(c3cc4nc(Nc5ncccn5)ccc4o3)NC(=O)NC1=O)C2. The topological polar surface area (TPSA) is 152 Å². The first-order valence-electron chi connectivity index (χ1n) is 11.0. The molecular formula is C24H19N7O5. The average Bonchev–Trinajstić information content (AvgIpc) is 3.53. The van der Waals surface area contributed by atoms with Crippen LogP contribution in [-0.2, 0) is 16.9 Å². The number of ether oxygens (including phenoxy) is 1. The summed E-state index contributed by atoms with van der Waals surface area (Å²) in [4.78, 5) is 52.7. The number of fused-ring (bicyclic) bond motifs is 2. The van der Waals surface area contributed by atoms with Crippen LogP contribution < -0.4 is 20.7 Å². The van der Waals surface area contributed by atoms with Crippen molar-refractivity contribution in [2.45, 2.75) is 12.1 Å². The highest BCUT2D eigenvalue weighted by molar-refractivity contribution is 6.08. The van der Waals surface area contributed by atoms with E-state index in [-0.39, 0.29) is 24.8 Å². The Bertz CT molecular complexity index is 1540. The van der Waals surface area contributed by atoms with Crippen molar-refractivity contribution in [2.75, 3.05) is 19.0 Å². The van der Waals surface area contributed by atoms with Crippen molar-refractivity contribution < 1.29 is 23.5 Å². The molecule has 0 radical (unpaired) electrons. The summed E-state index contributed by atoms with van der Waals surface area (Å²) in [7, 11) is 1.52. The molecule has 6 rings (SSSR count). The molecule has 3 aromatic heterocycles. The number of pyridine rings is 1. The lowest BCUT2D eigenvalue weighted by atomic mass is 9.95. The average molecular weight is 485 g/mol. The summed E-state index contributed by atoms with van der Waals surface area (Å²) >= 11 is 0. The van der Waals surface area contributed by atoms with Crippen molar-refractivity contribution in [1.82, 2.24) is 30.5 Å². The summed E-state index contributed by atoms with van der Waals surface area (Å²) < 4.78 is 11.2. The molecule has 4 amide bonds. The van der Waals surface area contributed by atoms with Gasteiger partial charge in [-0.25, -0.2) is 19.7 Å². The monoisotopic (exact) mass is 485 g/mol. The van der Waals surface area contributed by atoms with Crippen LogP contribution in [0.4, 0.5) is 16.6 Å². The van der Waals surface area contributed by atoms with Gasteiger partial charge in [0.25, 0.3) is 11.8 Å². The number of nitrogens with one attached hydrogen (secondary N) is 3. The van der Waals surface area contributed by atoms with Crippen molar-refractivity contribution in [1.29, 1.82) is 0 Å². The summed E-state index contributed by atoms with van der Waals surface area (Å²) in [5.74, 6) is 0.650. The number of furan rings is 1. The predicted molar refractivity (Wildman–Crippen MR) is 125 cm³/mol. The maximum absolute atomic E-state index is 13.2. The minimum absolute atomic E-state index is 0.136. The standard InChI is InChI=1S/C24H19N7O5/c1-35-14-4-3-13-11-31(20(32)15(13)9-14)12-24(21(33)29-23(34)30-24)18-10-16-17(36-18)5-6-19(27-16)28-22-25-7-2-8-26-22/h2-10H,11-12H2,1H3,(H,25,26,27,28)(H2,29,30,33,34)/t24-/m0/s1. The number of rotatable bonds is 6. The van der Waals surface area contributed by atoms with E-state index in [1.165, 1.54) is 12.0 Å². The van der Waals surface area contributed by atoms with Gasteiger partial charge in [0.15, 0.2) is 11.1 Å². The molecule has 1 atom stereocenters. The molecule has 180 valence electrons. The molecule has 4 aromatic rings. The zero-order valence-corrected chi connectivity index (χ0v) is 18.9. The Kier molecular flexibility index (Phi) is 4.81. The van der Waals surface area contributed by atoms with Crippen molar-refractivity contribution in [3.05, 3.63) is 71.7 Å². The van der Waals surface area contributed by atoms with Crippen molar-refractivity contribution in [3.63, 3.8) is 0 Å². The van der Waals surface area contributed by atoms with Gasteiger partial charge < -0.3 is 24.7 Å². The van der Waals surface area contributed by atoms with Crippen LogP contribution in [0.2, 0.25) is 0 Å². The molecule has 0 unspecified atom stereocenters. The Morgan fingerprint density at radius 3 is 2.72 bits per heavy atom. The fourth-order valence-corrected chi connectivity index (χ4v) is 4.42. The van der Waals surface area contributed by atoms with Gasteiger partial charge in [0.05, 0.1) is 13.7 Å². The number of anilines is 2. The van der Waals surface area contributed by atoms with E-state index in [0.717, 1.165) is 5.56 Å². The quantitative estimate of drug-likeness (QED) is 0.349. The van der Waals surface area contributed by atoms with Crippen LogP contribution in [0.25, 0.3) is 11.1 Å². The van der Waals surface area contributed by atoms with Gasteiger partial charge in [-0.15, -0.1) is 0 Å². The second kappa shape index (κ2) is 8.05. The van der Waals surface area contributed by atoms with Gasteiger partial charge in [0.1, 0.15) is 22.8 Å². The third-order valence-electron chi connectivity index (χ3n) is 6.17. The van der Waals surface area contributed by atoms with Gasteiger partial charge in [0, 0.05) is 30.6 Å². The lowest BCUT2D eigenvalue weighted by molar-refractivity contribution is -0.125. The molecule has 2 aliphatic rings. The number of aromatic nitrogens is 3. The molecule has 1 saturated heterocycles. The highest BCUT2D eigenvalue weighted by Crippen LogP contribution is 2.35. The minimum atomic E-state index is -1.63. The molecule has 1 fully saturated rings. The van der Waals surface area contributed by atoms with Crippen molar-refractivity contribution in [3.8, 4) is 5.75 Å². The zero-order chi connectivity index (χ0) is 24.9. The Morgan fingerprint density at radius 1 is 1.14 bits per heavy atom. The third-order valence-corrected chi connectivity index (χ3v) is 6.17. The van der Waals surface area contributed by atoms with Crippen LogP contribution in [-0.4, -0.2) is 51.4 Å². The smallest absolute Gasteiger partial charge is 0.322 e. The van der Waals surface area contributed by atoms with Gasteiger partial charge in [0.2, 0.25) is 5.95 Å². The van der Waals surface area contributed by atoms with Gasteiger partial charge >= 0.3 is 6.03 Å². The highest BCUT2D eigenvalue weighted by Gasteiger charge is 2.53. The summed E-state index contributed by atoms with van der Waals surface area (Å²) in [6.45, 7) is 0.135. The number of nitrogens with zero attached hydrogens (tertiary/aromatic N) is 4. The van der Waals surface area contributed by atoms with E-state index in [4.69, 9.17) is 9.15 Å². The molecule has 0 bridgehead atoms. The molecule has 36 heavy (non-hydrogen) atoms. The number of hydrogen-bond acceptors (Lipinski definition) is 9. The lowest BCUT2D eigenvalue weighted by Crippen LogP contribution is -2.52.